The van der Waals surface area contributed by atoms with E-state index in [9.17, 15) is 0 Å². The number of rotatable bonds is 7. The quantitative estimate of drug-likeness (QED) is 0.414. The van der Waals surface area contributed by atoms with E-state index in [0.29, 0.717) is 19.8 Å². The second-order valence-electron chi connectivity index (χ2n) is 7.45. The molecule has 0 atom stereocenters. The van der Waals surface area contributed by atoms with Crippen LogP contribution in [0.1, 0.15) is 22.5 Å². The Balaban J connectivity index is 1.51. The Labute approximate surface area is 171 Å². The first-order chi connectivity index (χ1) is 14.1. The number of aromatic nitrogens is 2. The van der Waals surface area contributed by atoms with Gasteiger partial charge in [0.25, 0.3) is 0 Å². The molecule has 3 aromatic carbocycles. The summed E-state index contributed by atoms with van der Waals surface area (Å²) in [7, 11) is 0. The summed E-state index contributed by atoms with van der Waals surface area (Å²) in [4.78, 5) is 4.79. The summed E-state index contributed by atoms with van der Waals surface area (Å²) in [6.45, 7) is 7.93. The van der Waals surface area contributed by atoms with Crippen molar-refractivity contribution in [3.63, 3.8) is 0 Å². The van der Waals surface area contributed by atoms with Gasteiger partial charge >= 0.3 is 0 Å². The highest BCUT2D eigenvalue weighted by Gasteiger charge is 2.11. The number of hydrogen-bond donors (Lipinski definition) is 0. The lowest BCUT2D eigenvalue weighted by atomic mass is 10.1. The van der Waals surface area contributed by atoms with Gasteiger partial charge in [0, 0.05) is 0 Å². The summed E-state index contributed by atoms with van der Waals surface area (Å²) in [5.41, 5.74) is 5.67. The second kappa shape index (κ2) is 8.39. The highest BCUT2D eigenvalue weighted by Crippen LogP contribution is 2.20. The molecule has 0 radical (unpaired) electrons. The van der Waals surface area contributed by atoms with Gasteiger partial charge < -0.3 is 14.0 Å². The minimum absolute atomic E-state index is 0.418. The lowest BCUT2D eigenvalue weighted by Crippen LogP contribution is -2.13. The maximum atomic E-state index is 6.03. The minimum Gasteiger partial charge on any atom is -0.492 e. The molecule has 1 heterocycles. The number of fused-ring (bicyclic) bond motifs is 1. The zero-order valence-corrected chi connectivity index (χ0v) is 17.2. The van der Waals surface area contributed by atoms with Crippen LogP contribution in [0.5, 0.6) is 11.5 Å². The standard InChI is InChI=1S/C25H26N2O2/c1-18-7-6-8-21(14-18)29-17-25-26-23-9-4-5-10-24(23)27(25)11-12-28-22-15-19(2)13-20(3)16-22/h4-10,13-16H,11-12,17H2,1-3H3. The third kappa shape index (κ3) is 4.60. The molecule has 0 saturated heterocycles. The van der Waals surface area contributed by atoms with Crippen LogP contribution in [-0.4, -0.2) is 16.2 Å². The number of nitrogens with zero attached hydrogens (tertiary/aromatic N) is 2. The van der Waals surface area contributed by atoms with Crippen LogP contribution in [-0.2, 0) is 13.2 Å². The van der Waals surface area contributed by atoms with Crippen molar-refractivity contribution in [1.82, 2.24) is 9.55 Å². The van der Waals surface area contributed by atoms with Crippen LogP contribution in [0, 0.1) is 20.8 Å². The Bertz CT molecular complexity index is 1110. The number of benzene rings is 3. The fourth-order valence-electron chi connectivity index (χ4n) is 3.61. The van der Waals surface area contributed by atoms with Crippen molar-refractivity contribution in [2.75, 3.05) is 6.61 Å². The number of ether oxygens (including phenoxy) is 2. The highest BCUT2D eigenvalue weighted by molar-refractivity contribution is 5.75. The molecule has 148 valence electrons. The lowest BCUT2D eigenvalue weighted by Gasteiger charge is -2.12. The predicted octanol–water partition coefficient (Wildman–Crippen LogP) is 5.62. The molecular weight excluding hydrogens is 360 g/mol. The molecule has 0 aliphatic carbocycles. The molecule has 0 N–H and O–H groups in total. The summed E-state index contributed by atoms with van der Waals surface area (Å²) in [6.07, 6.45) is 0. The molecule has 0 saturated carbocycles. The van der Waals surface area contributed by atoms with Crippen LogP contribution in [0.25, 0.3) is 11.0 Å². The number of aryl methyl sites for hydroxylation is 3. The van der Waals surface area contributed by atoms with E-state index in [1.165, 1.54) is 16.7 Å². The Kier molecular flexibility index (Phi) is 5.52. The fourth-order valence-corrected chi connectivity index (χ4v) is 3.61. The number of hydrogen-bond acceptors (Lipinski definition) is 3. The number of para-hydroxylation sites is 2. The topological polar surface area (TPSA) is 36.3 Å². The minimum atomic E-state index is 0.418. The van der Waals surface area contributed by atoms with Gasteiger partial charge in [-0.3, -0.25) is 0 Å². The van der Waals surface area contributed by atoms with E-state index < -0.39 is 0 Å². The third-order valence-electron chi connectivity index (χ3n) is 4.87. The molecule has 0 amide bonds. The Morgan fingerprint density at radius 3 is 2.31 bits per heavy atom. The lowest BCUT2D eigenvalue weighted by molar-refractivity contribution is 0.272. The average Bonchev–Trinajstić information content (AvgIpc) is 3.03. The van der Waals surface area contributed by atoms with E-state index in [0.717, 1.165) is 28.4 Å². The van der Waals surface area contributed by atoms with E-state index in [1.54, 1.807) is 0 Å². The molecular formula is C25H26N2O2. The van der Waals surface area contributed by atoms with Gasteiger partial charge in [-0.1, -0.05) is 30.3 Å². The smallest absolute Gasteiger partial charge is 0.148 e. The molecule has 0 unspecified atom stereocenters. The maximum Gasteiger partial charge on any atom is 0.148 e. The van der Waals surface area contributed by atoms with E-state index in [4.69, 9.17) is 14.5 Å². The summed E-state index contributed by atoms with van der Waals surface area (Å²) in [5, 5.41) is 0. The van der Waals surface area contributed by atoms with Crippen LogP contribution in [0.15, 0.2) is 66.7 Å². The van der Waals surface area contributed by atoms with Gasteiger partial charge in [0.2, 0.25) is 0 Å². The highest BCUT2D eigenvalue weighted by atomic mass is 16.5. The Hall–Kier alpha value is -3.27. The molecule has 0 spiro atoms. The van der Waals surface area contributed by atoms with Crippen molar-refractivity contribution in [2.45, 2.75) is 33.9 Å². The van der Waals surface area contributed by atoms with Crippen molar-refractivity contribution in [2.24, 2.45) is 0 Å². The predicted molar refractivity (Wildman–Crippen MR) is 117 cm³/mol. The van der Waals surface area contributed by atoms with Crippen molar-refractivity contribution < 1.29 is 9.47 Å². The van der Waals surface area contributed by atoms with Crippen LogP contribution >= 0.6 is 0 Å². The number of imidazole rings is 1. The summed E-state index contributed by atoms with van der Waals surface area (Å²) < 4.78 is 14.2. The van der Waals surface area contributed by atoms with Gasteiger partial charge in [-0.25, -0.2) is 4.98 Å². The van der Waals surface area contributed by atoms with Crippen molar-refractivity contribution in [3.8, 4) is 11.5 Å². The Morgan fingerprint density at radius 2 is 1.52 bits per heavy atom. The zero-order valence-electron chi connectivity index (χ0n) is 17.2. The van der Waals surface area contributed by atoms with E-state index in [1.807, 2.05) is 36.4 Å². The van der Waals surface area contributed by atoms with Gasteiger partial charge in [-0.15, -0.1) is 0 Å². The monoisotopic (exact) mass is 386 g/mol. The summed E-state index contributed by atoms with van der Waals surface area (Å²) >= 11 is 0. The average molecular weight is 386 g/mol. The molecule has 0 aliphatic rings. The van der Waals surface area contributed by atoms with Gasteiger partial charge in [0.15, 0.2) is 0 Å². The molecule has 29 heavy (non-hydrogen) atoms. The summed E-state index contributed by atoms with van der Waals surface area (Å²) in [5.74, 6) is 2.66. The maximum absolute atomic E-state index is 6.03. The molecule has 0 aliphatic heterocycles. The van der Waals surface area contributed by atoms with Gasteiger partial charge in [-0.2, -0.15) is 0 Å². The van der Waals surface area contributed by atoms with Crippen LogP contribution in [0.3, 0.4) is 0 Å². The van der Waals surface area contributed by atoms with E-state index in [-0.39, 0.29) is 0 Å². The van der Waals surface area contributed by atoms with Crippen molar-refractivity contribution >= 4 is 11.0 Å². The summed E-state index contributed by atoms with van der Waals surface area (Å²) in [6, 6.07) is 22.5. The molecule has 4 aromatic rings. The second-order valence-corrected chi connectivity index (χ2v) is 7.45. The van der Waals surface area contributed by atoms with Crippen LogP contribution < -0.4 is 9.47 Å². The normalized spacial score (nSPS) is 11.0. The third-order valence-corrected chi connectivity index (χ3v) is 4.87. The van der Waals surface area contributed by atoms with Gasteiger partial charge in [0.1, 0.15) is 30.5 Å². The van der Waals surface area contributed by atoms with E-state index in [2.05, 4.69) is 55.7 Å². The van der Waals surface area contributed by atoms with E-state index >= 15 is 0 Å². The zero-order chi connectivity index (χ0) is 20.2. The molecule has 4 heteroatoms. The van der Waals surface area contributed by atoms with Crippen LogP contribution in [0.4, 0.5) is 0 Å². The van der Waals surface area contributed by atoms with Gasteiger partial charge in [-0.05, 0) is 73.9 Å². The first-order valence-electron chi connectivity index (χ1n) is 9.93. The van der Waals surface area contributed by atoms with Gasteiger partial charge in [0.05, 0.1) is 17.6 Å². The largest absolute Gasteiger partial charge is 0.492 e. The van der Waals surface area contributed by atoms with Crippen molar-refractivity contribution in [1.29, 1.82) is 0 Å². The molecule has 1 aromatic heterocycles. The molecule has 4 nitrogen and oxygen atoms in total. The van der Waals surface area contributed by atoms with Crippen molar-refractivity contribution in [3.05, 3.63) is 89.2 Å². The fraction of sp³-hybridized carbons (Fsp3) is 0.240. The molecule has 4 rings (SSSR count). The van der Waals surface area contributed by atoms with Crippen LogP contribution in [0.2, 0.25) is 0 Å². The molecule has 0 bridgehead atoms. The first-order valence-corrected chi connectivity index (χ1v) is 9.93. The molecule has 0 fully saturated rings. The first kappa shape index (κ1) is 19.1. The SMILES string of the molecule is Cc1cc(C)cc(OCCn2c(COc3cccc(C)c3)nc3ccccc32)c1. The Morgan fingerprint density at radius 1 is 0.759 bits per heavy atom.